The summed E-state index contributed by atoms with van der Waals surface area (Å²) in [6, 6.07) is 12.3. The second kappa shape index (κ2) is 6.68. The average molecular weight is 325 g/mol. The van der Waals surface area contributed by atoms with Gasteiger partial charge < -0.3 is 9.84 Å². The zero-order valence-electron chi connectivity index (χ0n) is 10.3. The number of hydrogen-bond donors (Lipinski definition) is 1. The van der Waals surface area contributed by atoms with Gasteiger partial charge in [0.05, 0.1) is 0 Å². The van der Waals surface area contributed by atoms with Crippen molar-refractivity contribution in [1.29, 1.82) is 0 Å². The predicted octanol–water partition coefficient (Wildman–Crippen LogP) is 3.70. The van der Waals surface area contributed by atoms with E-state index in [0.29, 0.717) is 22.2 Å². The van der Waals surface area contributed by atoms with E-state index in [1.165, 1.54) is 6.07 Å². The smallest absolute Gasteiger partial charge is 0.130 e. The quantitative estimate of drug-likeness (QED) is 0.908. The Morgan fingerprint density at radius 1 is 1.11 bits per heavy atom. The van der Waals surface area contributed by atoms with Crippen LogP contribution in [0.15, 0.2) is 46.9 Å². The van der Waals surface area contributed by atoms with Crippen molar-refractivity contribution < 1.29 is 14.2 Å². The van der Waals surface area contributed by atoms with Gasteiger partial charge in [-0.05, 0) is 36.2 Å². The van der Waals surface area contributed by atoms with E-state index in [1.807, 2.05) is 24.3 Å². The molecule has 0 spiro atoms. The molecule has 0 saturated carbocycles. The Morgan fingerprint density at radius 3 is 2.47 bits per heavy atom. The number of rotatable bonds is 5. The Kier molecular flexibility index (Phi) is 4.93. The molecule has 0 heterocycles. The fourth-order valence-corrected chi connectivity index (χ4v) is 2.01. The molecule has 0 unspecified atom stereocenters. The monoisotopic (exact) mass is 324 g/mol. The van der Waals surface area contributed by atoms with Crippen molar-refractivity contribution in [1.82, 2.24) is 0 Å². The van der Waals surface area contributed by atoms with E-state index < -0.39 is 0 Å². The molecule has 1 N–H and O–H groups in total. The molecule has 0 aliphatic heterocycles. The molecule has 0 fully saturated rings. The van der Waals surface area contributed by atoms with Gasteiger partial charge in [-0.25, -0.2) is 4.39 Å². The van der Waals surface area contributed by atoms with E-state index in [-0.39, 0.29) is 19.0 Å². The van der Waals surface area contributed by atoms with E-state index >= 15 is 0 Å². The number of hydrogen-bond acceptors (Lipinski definition) is 2. The van der Waals surface area contributed by atoms with Gasteiger partial charge in [-0.2, -0.15) is 0 Å². The lowest BCUT2D eigenvalue weighted by molar-refractivity contribution is 0.296. The SMILES string of the molecule is OCCc1ccc(OCc2ccc(Br)cc2F)cc1. The largest absolute Gasteiger partial charge is 0.489 e. The highest BCUT2D eigenvalue weighted by Crippen LogP contribution is 2.18. The number of aliphatic hydroxyl groups excluding tert-OH is 1. The van der Waals surface area contributed by atoms with Gasteiger partial charge in [0.1, 0.15) is 18.2 Å². The van der Waals surface area contributed by atoms with Crippen LogP contribution in [0.4, 0.5) is 4.39 Å². The summed E-state index contributed by atoms with van der Waals surface area (Å²) in [6.45, 7) is 0.322. The highest BCUT2D eigenvalue weighted by molar-refractivity contribution is 9.10. The summed E-state index contributed by atoms with van der Waals surface area (Å²) in [4.78, 5) is 0. The normalized spacial score (nSPS) is 10.5. The molecule has 0 saturated heterocycles. The maximum absolute atomic E-state index is 13.6. The zero-order valence-corrected chi connectivity index (χ0v) is 11.9. The van der Waals surface area contributed by atoms with Gasteiger partial charge in [-0.3, -0.25) is 0 Å². The van der Waals surface area contributed by atoms with E-state index in [0.717, 1.165) is 5.56 Å². The lowest BCUT2D eigenvalue weighted by Gasteiger charge is -2.08. The van der Waals surface area contributed by atoms with Crippen LogP contribution in [0.2, 0.25) is 0 Å². The molecule has 19 heavy (non-hydrogen) atoms. The van der Waals surface area contributed by atoms with Crippen LogP contribution in [0, 0.1) is 5.82 Å². The molecular formula is C15H14BrFO2. The van der Waals surface area contributed by atoms with Crippen LogP contribution in [0.5, 0.6) is 5.75 Å². The van der Waals surface area contributed by atoms with Gasteiger partial charge in [0.25, 0.3) is 0 Å². The van der Waals surface area contributed by atoms with E-state index in [4.69, 9.17) is 9.84 Å². The third-order valence-electron chi connectivity index (χ3n) is 2.73. The van der Waals surface area contributed by atoms with Crippen molar-refractivity contribution in [3.05, 3.63) is 63.9 Å². The zero-order chi connectivity index (χ0) is 13.7. The fourth-order valence-electron chi connectivity index (χ4n) is 1.68. The number of ether oxygens (including phenoxy) is 1. The molecule has 2 aromatic carbocycles. The van der Waals surface area contributed by atoms with Crippen LogP contribution in [0.25, 0.3) is 0 Å². The lowest BCUT2D eigenvalue weighted by Crippen LogP contribution is -1.98. The summed E-state index contributed by atoms with van der Waals surface area (Å²) in [5, 5.41) is 8.82. The van der Waals surface area contributed by atoms with Crippen LogP contribution in [-0.4, -0.2) is 11.7 Å². The van der Waals surface area contributed by atoms with Crippen molar-refractivity contribution in [3.8, 4) is 5.75 Å². The average Bonchev–Trinajstić information content (AvgIpc) is 2.40. The first kappa shape index (κ1) is 14.0. The first-order valence-electron chi connectivity index (χ1n) is 5.95. The first-order valence-corrected chi connectivity index (χ1v) is 6.75. The van der Waals surface area contributed by atoms with Crippen LogP contribution in [0.3, 0.4) is 0 Å². The van der Waals surface area contributed by atoms with Crippen molar-refractivity contribution in [2.75, 3.05) is 6.61 Å². The molecule has 0 amide bonds. The van der Waals surface area contributed by atoms with Crippen molar-refractivity contribution in [3.63, 3.8) is 0 Å². The molecule has 100 valence electrons. The Hall–Kier alpha value is -1.39. The minimum absolute atomic E-state index is 0.129. The minimum atomic E-state index is -0.286. The van der Waals surface area contributed by atoms with Gasteiger partial charge in [0.15, 0.2) is 0 Å². The highest BCUT2D eigenvalue weighted by atomic mass is 79.9. The minimum Gasteiger partial charge on any atom is -0.489 e. The van der Waals surface area contributed by atoms with Gasteiger partial charge >= 0.3 is 0 Å². The summed E-state index contributed by atoms with van der Waals surface area (Å²) >= 11 is 3.21. The molecule has 0 aromatic heterocycles. The van der Waals surface area contributed by atoms with E-state index in [9.17, 15) is 4.39 Å². The second-order valence-electron chi connectivity index (χ2n) is 4.14. The third kappa shape index (κ3) is 4.04. The third-order valence-corrected chi connectivity index (χ3v) is 3.23. The Labute approximate surface area is 120 Å². The van der Waals surface area contributed by atoms with Gasteiger partial charge in [0, 0.05) is 16.6 Å². The topological polar surface area (TPSA) is 29.5 Å². The van der Waals surface area contributed by atoms with Crippen LogP contribution < -0.4 is 4.74 Å². The standard InChI is InChI=1S/C15H14BrFO2/c16-13-4-3-12(15(17)9-13)10-19-14-5-1-11(2-6-14)7-8-18/h1-6,9,18H,7-8,10H2. The number of benzene rings is 2. The molecule has 2 aromatic rings. The Balaban J connectivity index is 1.98. The molecule has 0 radical (unpaired) electrons. The summed E-state index contributed by atoms with van der Waals surface area (Å²) < 4.78 is 19.8. The molecule has 2 rings (SSSR count). The van der Waals surface area contributed by atoms with Gasteiger partial charge in [-0.15, -0.1) is 0 Å². The first-order chi connectivity index (χ1) is 9.19. The fraction of sp³-hybridized carbons (Fsp3) is 0.200. The van der Waals surface area contributed by atoms with Crippen LogP contribution in [-0.2, 0) is 13.0 Å². The highest BCUT2D eigenvalue weighted by Gasteiger charge is 2.04. The number of aliphatic hydroxyl groups is 1. The van der Waals surface area contributed by atoms with E-state index in [2.05, 4.69) is 15.9 Å². The van der Waals surface area contributed by atoms with Crippen LogP contribution in [0.1, 0.15) is 11.1 Å². The van der Waals surface area contributed by atoms with Gasteiger partial charge in [0.2, 0.25) is 0 Å². The molecule has 0 aliphatic rings. The maximum Gasteiger partial charge on any atom is 0.130 e. The van der Waals surface area contributed by atoms with Crippen molar-refractivity contribution in [2.24, 2.45) is 0 Å². The van der Waals surface area contributed by atoms with Gasteiger partial charge in [-0.1, -0.05) is 34.1 Å². The molecule has 4 heteroatoms. The predicted molar refractivity (Wildman–Crippen MR) is 75.7 cm³/mol. The lowest BCUT2D eigenvalue weighted by atomic mass is 10.1. The Morgan fingerprint density at radius 2 is 1.84 bits per heavy atom. The van der Waals surface area contributed by atoms with Crippen molar-refractivity contribution >= 4 is 15.9 Å². The summed E-state index contributed by atoms with van der Waals surface area (Å²) in [5.41, 5.74) is 1.56. The van der Waals surface area contributed by atoms with E-state index in [1.54, 1.807) is 12.1 Å². The summed E-state index contributed by atoms with van der Waals surface area (Å²) in [5.74, 6) is 0.398. The van der Waals surface area contributed by atoms with Crippen LogP contribution >= 0.6 is 15.9 Å². The molecule has 0 aliphatic carbocycles. The summed E-state index contributed by atoms with van der Waals surface area (Å²) in [7, 11) is 0. The second-order valence-corrected chi connectivity index (χ2v) is 5.06. The molecule has 0 atom stereocenters. The van der Waals surface area contributed by atoms with Crippen molar-refractivity contribution in [2.45, 2.75) is 13.0 Å². The molecular weight excluding hydrogens is 311 g/mol. The Bertz CT molecular complexity index is 540. The molecule has 2 nitrogen and oxygen atoms in total. The summed E-state index contributed by atoms with van der Waals surface area (Å²) in [6.07, 6.45) is 0.627. The maximum atomic E-state index is 13.6. The molecule has 0 bridgehead atoms. The number of halogens is 2.